The molecule has 100 valence electrons. The van der Waals surface area contributed by atoms with Crippen LogP contribution in [0.5, 0.6) is 0 Å². The van der Waals surface area contributed by atoms with Crippen molar-refractivity contribution in [2.45, 2.75) is 33.2 Å². The molecule has 0 radical (unpaired) electrons. The van der Waals surface area contributed by atoms with Crippen LogP contribution in [-0.4, -0.2) is 22.7 Å². The molecule has 0 aliphatic carbocycles. The van der Waals surface area contributed by atoms with Gasteiger partial charge in [0.25, 0.3) is 5.69 Å². The molecular weight excluding hydrogens is 232 g/mol. The fourth-order valence-corrected chi connectivity index (χ4v) is 1.88. The zero-order chi connectivity index (χ0) is 13.7. The second-order valence-corrected chi connectivity index (χ2v) is 4.82. The predicted molar refractivity (Wildman–Crippen MR) is 71.8 cm³/mol. The minimum Gasteiger partial charge on any atom is -0.396 e. The van der Waals surface area contributed by atoms with Gasteiger partial charge in [0, 0.05) is 30.5 Å². The van der Waals surface area contributed by atoms with Crippen molar-refractivity contribution < 1.29 is 10.0 Å². The third-order valence-corrected chi connectivity index (χ3v) is 2.87. The Morgan fingerprint density at radius 2 is 2.06 bits per heavy atom. The number of nitro benzene ring substituents is 1. The Hall–Kier alpha value is -1.62. The molecule has 1 aromatic carbocycles. The number of benzene rings is 1. The molecule has 0 aliphatic rings. The van der Waals surface area contributed by atoms with E-state index in [0.717, 1.165) is 11.3 Å². The molecule has 1 rings (SSSR count). The van der Waals surface area contributed by atoms with E-state index in [1.807, 2.05) is 13.0 Å². The minimum absolute atomic E-state index is 0.0870. The van der Waals surface area contributed by atoms with Crippen molar-refractivity contribution in [2.75, 3.05) is 11.9 Å². The van der Waals surface area contributed by atoms with Gasteiger partial charge in [-0.2, -0.15) is 0 Å². The molecule has 0 aliphatic heterocycles. The van der Waals surface area contributed by atoms with Gasteiger partial charge < -0.3 is 10.4 Å². The Bertz CT molecular complexity index is 419. The maximum Gasteiger partial charge on any atom is 0.271 e. The lowest BCUT2D eigenvalue weighted by Crippen LogP contribution is -2.26. The number of nitrogens with zero attached hydrogens (tertiary/aromatic N) is 1. The first-order chi connectivity index (χ1) is 8.43. The molecule has 5 heteroatoms. The van der Waals surface area contributed by atoms with Gasteiger partial charge in [-0.1, -0.05) is 13.8 Å². The number of anilines is 1. The van der Waals surface area contributed by atoms with E-state index in [2.05, 4.69) is 19.2 Å². The van der Waals surface area contributed by atoms with Crippen molar-refractivity contribution in [3.05, 3.63) is 33.9 Å². The molecule has 0 aromatic heterocycles. The number of rotatable bonds is 6. The number of nitro groups is 1. The van der Waals surface area contributed by atoms with Gasteiger partial charge in [-0.3, -0.25) is 10.1 Å². The summed E-state index contributed by atoms with van der Waals surface area (Å²) in [6.07, 6.45) is 0.624. The van der Waals surface area contributed by atoms with Gasteiger partial charge in [0.2, 0.25) is 0 Å². The zero-order valence-electron chi connectivity index (χ0n) is 11.0. The summed E-state index contributed by atoms with van der Waals surface area (Å²) < 4.78 is 0. The van der Waals surface area contributed by atoms with Gasteiger partial charge >= 0.3 is 0 Å². The van der Waals surface area contributed by atoms with Crippen LogP contribution in [0.2, 0.25) is 0 Å². The lowest BCUT2D eigenvalue weighted by molar-refractivity contribution is -0.384. The van der Waals surface area contributed by atoms with Gasteiger partial charge in [-0.05, 0) is 30.9 Å². The Morgan fingerprint density at radius 3 is 2.56 bits per heavy atom. The monoisotopic (exact) mass is 252 g/mol. The van der Waals surface area contributed by atoms with Crippen molar-refractivity contribution in [2.24, 2.45) is 5.92 Å². The highest BCUT2D eigenvalue weighted by Gasteiger charge is 2.14. The van der Waals surface area contributed by atoms with Gasteiger partial charge in [-0.15, -0.1) is 0 Å². The predicted octanol–water partition coefficient (Wildman–Crippen LogP) is 2.72. The number of aliphatic hydroxyl groups excluding tert-OH is 1. The topological polar surface area (TPSA) is 75.4 Å². The number of hydrogen-bond acceptors (Lipinski definition) is 4. The number of nitrogens with one attached hydrogen (secondary N) is 1. The summed E-state index contributed by atoms with van der Waals surface area (Å²) in [6.45, 7) is 6.04. The number of non-ortho nitro benzene ring substituents is 1. The molecule has 2 N–H and O–H groups in total. The van der Waals surface area contributed by atoms with Crippen LogP contribution >= 0.6 is 0 Å². The molecule has 0 bridgehead atoms. The summed E-state index contributed by atoms with van der Waals surface area (Å²) in [5, 5.41) is 23.1. The van der Waals surface area contributed by atoms with E-state index in [4.69, 9.17) is 5.11 Å². The maximum atomic E-state index is 10.8. The number of aliphatic hydroxyl groups is 1. The fraction of sp³-hybridized carbons (Fsp3) is 0.538. The van der Waals surface area contributed by atoms with Gasteiger partial charge in [0.1, 0.15) is 0 Å². The van der Waals surface area contributed by atoms with Crippen LogP contribution in [0, 0.1) is 23.0 Å². The summed E-state index contributed by atoms with van der Waals surface area (Å²) in [5.74, 6) is 0.344. The molecular formula is C13H20N2O3. The molecule has 0 amide bonds. The standard InChI is InChI=1S/C13H20N2O3/c1-9(2)13(4-5-16)14-11-6-10(3)7-12(8-11)15(17)18/h6-9,13-14,16H,4-5H2,1-3H3. The zero-order valence-corrected chi connectivity index (χ0v) is 11.0. The van der Waals surface area contributed by atoms with Crippen LogP contribution in [0.15, 0.2) is 18.2 Å². The van der Waals surface area contributed by atoms with Crippen molar-refractivity contribution in [3.8, 4) is 0 Å². The third kappa shape index (κ3) is 4.00. The maximum absolute atomic E-state index is 10.8. The average molecular weight is 252 g/mol. The van der Waals surface area contributed by atoms with E-state index < -0.39 is 4.92 Å². The third-order valence-electron chi connectivity index (χ3n) is 2.87. The second kappa shape index (κ2) is 6.35. The van der Waals surface area contributed by atoms with Crippen molar-refractivity contribution in [1.82, 2.24) is 0 Å². The molecule has 0 saturated carbocycles. The SMILES string of the molecule is Cc1cc(NC(CCO)C(C)C)cc([N+](=O)[O-])c1. The van der Waals surface area contributed by atoms with Crippen LogP contribution in [0.3, 0.4) is 0 Å². The highest BCUT2D eigenvalue weighted by Crippen LogP contribution is 2.22. The van der Waals surface area contributed by atoms with Crippen molar-refractivity contribution in [1.29, 1.82) is 0 Å². The Balaban J connectivity index is 2.91. The molecule has 0 fully saturated rings. The number of aryl methyl sites for hydroxylation is 1. The van der Waals surface area contributed by atoms with E-state index in [0.29, 0.717) is 12.3 Å². The summed E-state index contributed by atoms with van der Waals surface area (Å²) in [7, 11) is 0. The first-order valence-corrected chi connectivity index (χ1v) is 6.07. The first-order valence-electron chi connectivity index (χ1n) is 6.07. The fourth-order valence-electron chi connectivity index (χ4n) is 1.88. The van der Waals surface area contributed by atoms with Crippen LogP contribution in [0.1, 0.15) is 25.8 Å². The summed E-state index contributed by atoms with van der Waals surface area (Å²) in [5.41, 5.74) is 1.66. The molecule has 0 saturated heterocycles. The van der Waals surface area contributed by atoms with E-state index in [-0.39, 0.29) is 18.3 Å². The summed E-state index contributed by atoms with van der Waals surface area (Å²) >= 11 is 0. The molecule has 1 aromatic rings. The van der Waals surface area contributed by atoms with Gasteiger partial charge in [0.05, 0.1) is 4.92 Å². The van der Waals surface area contributed by atoms with Crippen molar-refractivity contribution >= 4 is 11.4 Å². The minimum atomic E-state index is -0.394. The average Bonchev–Trinajstić information content (AvgIpc) is 2.27. The van der Waals surface area contributed by atoms with Gasteiger partial charge in [0.15, 0.2) is 0 Å². The Labute approximate surface area is 107 Å². The quantitative estimate of drug-likeness (QED) is 0.603. The van der Waals surface area contributed by atoms with E-state index in [1.54, 1.807) is 6.07 Å². The van der Waals surface area contributed by atoms with E-state index >= 15 is 0 Å². The molecule has 18 heavy (non-hydrogen) atoms. The highest BCUT2D eigenvalue weighted by molar-refractivity contribution is 5.54. The van der Waals surface area contributed by atoms with Gasteiger partial charge in [-0.25, -0.2) is 0 Å². The van der Waals surface area contributed by atoms with E-state index in [1.165, 1.54) is 6.07 Å². The van der Waals surface area contributed by atoms with E-state index in [9.17, 15) is 10.1 Å². The molecule has 1 unspecified atom stereocenters. The van der Waals surface area contributed by atoms with Crippen LogP contribution in [-0.2, 0) is 0 Å². The summed E-state index contributed by atoms with van der Waals surface area (Å²) in [6, 6.07) is 5.05. The second-order valence-electron chi connectivity index (χ2n) is 4.82. The first kappa shape index (κ1) is 14.4. The Morgan fingerprint density at radius 1 is 1.39 bits per heavy atom. The normalized spacial score (nSPS) is 12.5. The number of hydrogen-bond donors (Lipinski definition) is 2. The smallest absolute Gasteiger partial charge is 0.271 e. The van der Waals surface area contributed by atoms with Crippen LogP contribution < -0.4 is 5.32 Å². The van der Waals surface area contributed by atoms with Crippen LogP contribution in [0.4, 0.5) is 11.4 Å². The lowest BCUT2D eigenvalue weighted by atomic mass is 10.0. The largest absolute Gasteiger partial charge is 0.396 e. The van der Waals surface area contributed by atoms with Crippen molar-refractivity contribution in [3.63, 3.8) is 0 Å². The summed E-state index contributed by atoms with van der Waals surface area (Å²) in [4.78, 5) is 10.4. The Kier molecular flexibility index (Phi) is 5.09. The molecule has 0 heterocycles. The van der Waals surface area contributed by atoms with Crippen LogP contribution in [0.25, 0.3) is 0 Å². The molecule has 1 atom stereocenters. The lowest BCUT2D eigenvalue weighted by Gasteiger charge is -2.22. The highest BCUT2D eigenvalue weighted by atomic mass is 16.6. The molecule has 0 spiro atoms. The molecule has 5 nitrogen and oxygen atoms in total.